The van der Waals surface area contributed by atoms with Gasteiger partial charge in [-0.2, -0.15) is 0 Å². The Bertz CT molecular complexity index is 373. The van der Waals surface area contributed by atoms with Crippen LogP contribution in [0.4, 0.5) is 5.82 Å². The second-order valence-electron chi connectivity index (χ2n) is 4.75. The molecule has 0 saturated carbocycles. The minimum Gasteiger partial charge on any atom is -0.356 e. The van der Waals surface area contributed by atoms with Gasteiger partial charge < -0.3 is 10.2 Å². The van der Waals surface area contributed by atoms with Crippen molar-refractivity contribution in [3.05, 3.63) is 22.3 Å². The van der Waals surface area contributed by atoms with Crippen molar-refractivity contribution in [1.29, 1.82) is 0 Å². The van der Waals surface area contributed by atoms with Gasteiger partial charge >= 0.3 is 0 Å². The average molecular weight is 298 g/mol. The van der Waals surface area contributed by atoms with E-state index in [1.165, 1.54) is 18.4 Å². The van der Waals surface area contributed by atoms with E-state index < -0.39 is 0 Å². The molecule has 2 rings (SSSR count). The number of hydrogen-bond donors (Lipinski definition) is 1. The highest BCUT2D eigenvalue weighted by atomic mass is 79.9. The molecule has 0 unspecified atom stereocenters. The van der Waals surface area contributed by atoms with Gasteiger partial charge in [-0.1, -0.05) is 0 Å². The van der Waals surface area contributed by atoms with Crippen LogP contribution in [-0.4, -0.2) is 31.7 Å². The lowest BCUT2D eigenvalue weighted by Crippen LogP contribution is -2.37. The van der Waals surface area contributed by atoms with Crippen molar-refractivity contribution in [2.24, 2.45) is 5.92 Å². The van der Waals surface area contributed by atoms with Crippen molar-refractivity contribution in [1.82, 2.24) is 10.3 Å². The molecule has 0 aromatic carbocycles. The maximum absolute atomic E-state index is 4.50. The molecule has 2 heterocycles. The molecule has 17 heavy (non-hydrogen) atoms. The molecule has 0 amide bonds. The Morgan fingerprint density at radius 1 is 1.47 bits per heavy atom. The number of nitrogens with zero attached hydrogens (tertiary/aromatic N) is 2. The number of nitrogens with one attached hydrogen (secondary N) is 1. The number of aromatic nitrogens is 1. The van der Waals surface area contributed by atoms with E-state index in [1.54, 1.807) is 0 Å². The third-order valence-corrected chi connectivity index (χ3v) is 4.45. The largest absolute Gasteiger partial charge is 0.356 e. The fourth-order valence-corrected chi connectivity index (χ4v) is 2.87. The van der Waals surface area contributed by atoms with Crippen LogP contribution < -0.4 is 10.2 Å². The van der Waals surface area contributed by atoms with Crippen LogP contribution in [0.25, 0.3) is 0 Å². The van der Waals surface area contributed by atoms with Crippen LogP contribution in [0.15, 0.2) is 16.7 Å². The third-order valence-electron chi connectivity index (χ3n) is 3.47. The van der Waals surface area contributed by atoms with E-state index in [2.05, 4.69) is 38.1 Å². The highest BCUT2D eigenvalue weighted by molar-refractivity contribution is 9.10. The van der Waals surface area contributed by atoms with Gasteiger partial charge in [0.15, 0.2) is 0 Å². The van der Waals surface area contributed by atoms with Crippen LogP contribution >= 0.6 is 15.9 Å². The van der Waals surface area contributed by atoms with Crippen LogP contribution in [0.3, 0.4) is 0 Å². The van der Waals surface area contributed by atoms with E-state index >= 15 is 0 Å². The SMILES string of the molecule is CNCC1CCN(c2nccc(C)c2Br)CC1. The predicted molar refractivity (Wildman–Crippen MR) is 75.5 cm³/mol. The maximum Gasteiger partial charge on any atom is 0.143 e. The Labute approximate surface area is 112 Å². The van der Waals surface area contributed by atoms with Gasteiger partial charge in [-0.3, -0.25) is 0 Å². The van der Waals surface area contributed by atoms with Crippen LogP contribution in [0.1, 0.15) is 18.4 Å². The predicted octanol–water partition coefficient (Wildman–Crippen LogP) is 2.59. The van der Waals surface area contributed by atoms with Gasteiger partial charge in [-0.05, 0) is 66.8 Å². The molecule has 1 aromatic rings. The Hall–Kier alpha value is -0.610. The van der Waals surface area contributed by atoms with E-state index in [4.69, 9.17) is 0 Å². The number of hydrogen-bond acceptors (Lipinski definition) is 3. The summed E-state index contributed by atoms with van der Waals surface area (Å²) in [6, 6.07) is 2.04. The van der Waals surface area contributed by atoms with Crippen LogP contribution in [0.2, 0.25) is 0 Å². The first-order valence-electron chi connectivity index (χ1n) is 6.23. The summed E-state index contributed by atoms with van der Waals surface area (Å²) in [7, 11) is 2.03. The van der Waals surface area contributed by atoms with Crippen molar-refractivity contribution in [3.63, 3.8) is 0 Å². The molecule has 0 radical (unpaired) electrons. The molecule has 0 aliphatic carbocycles. The summed E-state index contributed by atoms with van der Waals surface area (Å²) in [5, 5.41) is 3.27. The monoisotopic (exact) mass is 297 g/mol. The Morgan fingerprint density at radius 3 is 2.82 bits per heavy atom. The number of piperidine rings is 1. The van der Waals surface area contributed by atoms with Gasteiger partial charge in [0.25, 0.3) is 0 Å². The van der Waals surface area contributed by atoms with E-state index in [1.807, 2.05) is 19.3 Å². The van der Waals surface area contributed by atoms with Gasteiger partial charge in [-0.15, -0.1) is 0 Å². The van der Waals surface area contributed by atoms with Gasteiger partial charge in [0.2, 0.25) is 0 Å². The molecule has 1 N–H and O–H groups in total. The Kier molecular flexibility index (Phi) is 4.40. The Balaban J connectivity index is 2.03. The number of pyridine rings is 1. The highest BCUT2D eigenvalue weighted by Crippen LogP contribution is 2.29. The zero-order chi connectivity index (χ0) is 12.3. The molecule has 94 valence electrons. The van der Waals surface area contributed by atoms with Gasteiger partial charge in [-0.25, -0.2) is 4.98 Å². The van der Waals surface area contributed by atoms with Gasteiger partial charge in [0.05, 0.1) is 4.47 Å². The van der Waals surface area contributed by atoms with Gasteiger partial charge in [0.1, 0.15) is 5.82 Å². The first-order valence-corrected chi connectivity index (χ1v) is 7.02. The summed E-state index contributed by atoms with van der Waals surface area (Å²) in [6.07, 6.45) is 4.40. The lowest BCUT2D eigenvalue weighted by molar-refractivity contribution is 0.392. The maximum atomic E-state index is 4.50. The number of halogens is 1. The lowest BCUT2D eigenvalue weighted by Gasteiger charge is -2.33. The second kappa shape index (κ2) is 5.83. The minimum absolute atomic E-state index is 0.819. The van der Waals surface area contributed by atoms with Crippen molar-refractivity contribution >= 4 is 21.7 Å². The summed E-state index contributed by atoms with van der Waals surface area (Å²) < 4.78 is 1.15. The lowest BCUT2D eigenvalue weighted by atomic mass is 9.97. The molecule has 0 bridgehead atoms. The number of rotatable bonds is 3. The van der Waals surface area contributed by atoms with Crippen LogP contribution in [0, 0.1) is 12.8 Å². The second-order valence-corrected chi connectivity index (χ2v) is 5.55. The van der Waals surface area contributed by atoms with Crippen molar-refractivity contribution in [3.8, 4) is 0 Å². The van der Waals surface area contributed by atoms with Crippen molar-refractivity contribution < 1.29 is 0 Å². The molecule has 1 aliphatic rings. The molecule has 1 aromatic heterocycles. The summed E-state index contributed by atoms with van der Waals surface area (Å²) in [5.41, 5.74) is 1.26. The van der Waals surface area contributed by atoms with E-state index in [0.717, 1.165) is 35.8 Å². The minimum atomic E-state index is 0.819. The van der Waals surface area contributed by atoms with Crippen LogP contribution in [0.5, 0.6) is 0 Å². The smallest absolute Gasteiger partial charge is 0.143 e. The molecule has 4 heteroatoms. The Morgan fingerprint density at radius 2 is 2.18 bits per heavy atom. The van der Waals surface area contributed by atoms with E-state index in [-0.39, 0.29) is 0 Å². The fourth-order valence-electron chi connectivity index (χ4n) is 2.38. The first-order chi connectivity index (χ1) is 8.22. The molecule has 3 nitrogen and oxygen atoms in total. The summed E-state index contributed by atoms with van der Waals surface area (Å²) in [5.74, 6) is 1.92. The quantitative estimate of drug-likeness (QED) is 0.929. The van der Waals surface area contributed by atoms with Crippen molar-refractivity contribution in [2.75, 3.05) is 31.6 Å². The molecular formula is C13H20BrN3. The zero-order valence-electron chi connectivity index (χ0n) is 10.5. The normalized spacial score (nSPS) is 17.5. The summed E-state index contributed by atoms with van der Waals surface area (Å²) in [6.45, 7) is 5.47. The molecular weight excluding hydrogens is 278 g/mol. The molecule has 1 saturated heterocycles. The fraction of sp³-hybridized carbons (Fsp3) is 0.615. The molecule has 1 aliphatic heterocycles. The zero-order valence-corrected chi connectivity index (χ0v) is 12.1. The van der Waals surface area contributed by atoms with Gasteiger partial charge in [0, 0.05) is 19.3 Å². The topological polar surface area (TPSA) is 28.2 Å². The highest BCUT2D eigenvalue weighted by Gasteiger charge is 2.21. The average Bonchev–Trinajstić information content (AvgIpc) is 2.34. The molecule has 0 atom stereocenters. The molecule has 0 spiro atoms. The number of aryl methyl sites for hydroxylation is 1. The van der Waals surface area contributed by atoms with Crippen LogP contribution in [-0.2, 0) is 0 Å². The van der Waals surface area contributed by atoms with E-state index in [0.29, 0.717) is 0 Å². The molecule has 1 fully saturated rings. The summed E-state index contributed by atoms with van der Waals surface area (Å²) in [4.78, 5) is 6.89. The first kappa shape index (κ1) is 12.8. The third kappa shape index (κ3) is 2.99. The summed E-state index contributed by atoms with van der Waals surface area (Å²) >= 11 is 3.65. The van der Waals surface area contributed by atoms with E-state index in [9.17, 15) is 0 Å². The number of anilines is 1. The van der Waals surface area contributed by atoms with Crippen molar-refractivity contribution in [2.45, 2.75) is 19.8 Å². The standard InChI is InChI=1S/C13H20BrN3/c1-10-3-6-16-13(12(10)14)17-7-4-11(5-8-17)9-15-2/h3,6,11,15H,4-5,7-9H2,1-2H3.